The molecule has 90 valence electrons. The van der Waals surface area contributed by atoms with Crippen molar-refractivity contribution in [1.82, 2.24) is 0 Å². The number of nitriles is 1. The average molecular weight is 314 g/mol. The van der Waals surface area contributed by atoms with Crippen LogP contribution in [0.4, 0.5) is 0 Å². The van der Waals surface area contributed by atoms with E-state index >= 15 is 0 Å². The summed E-state index contributed by atoms with van der Waals surface area (Å²) in [5.74, 6) is -0.843. The van der Waals surface area contributed by atoms with E-state index in [0.29, 0.717) is 10.5 Å². The molecule has 0 spiro atoms. The van der Waals surface area contributed by atoms with Crippen LogP contribution >= 0.6 is 27.7 Å². The number of benzene rings is 1. The molecule has 1 rings (SSSR count). The van der Waals surface area contributed by atoms with Gasteiger partial charge in [-0.15, -0.1) is 11.8 Å². The van der Waals surface area contributed by atoms with Crippen molar-refractivity contribution in [1.29, 1.82) is 5.26 Å². The molecule has 0 saturated carbocycles. The number of thioether (sulfide) groups is 1. The average Bonchev–Trinajstić information content (AvgIpc) is 2.26. The lowest BCUT2D eigenvalue weighted by atomic mass is 10.1. The topological polar surface area (TPSA) is 61.1 Å². The first-order valence-corrected chi connectivity index (χ1v) is 6.72. The van der Waals surface area contributed by atoms with E-state index in [4.69, 9.17) is 10.4 Å². The molecule has 1 aromatic rings. The molecule has 0 amide bonds. The number of rotatable bonds is 4. The van der Waals surface area contributed by atoms with Gasteiger partial charge in [-0.2, -0.15) is 5.26 Å². The largest absolute Gasteiger partial charge is 0.480 e. The number of carboxylic acid groups (broad SMARTS) is 1. The van der Waals surface area contributed by atoms with Gasteiger partial charge in [-0.05, 0) is 24.1 Å². The Morgan fingerprint density at radius 3 is 2.65 bits per heavy atom. The Hall–Kier alpha value is -0.990. The SMILES string of the molecule is CC(C)C(Sc1ccc(Br)cc1C#N)C(=O)O. The van der Waals surface area contributed by atoms with Gasteiger partial charge in [0, 0.05) is 9.37 Å². The second-order valence-corrected chi connectivity index (χ2v) is 5.97. The third-order valence-corrected chi connectivity index (χ3v) is 4.27. The molecule has 1 unspecified atom stereocenters. The van der Waals surface area contributed by atoms with Crippen LogP contribution in [-0.2, 0) is 4.79 Å². The molecular weight excluding hydrogens is 302 g/mol. The zero-order chi connectivity index (χ0) is 13.0. The van der Waals surface area contributed by atoms with E-state index in [1.165, 1.54) is 11.8 Å². The molecule has 0 saturated heterocycles. The Kier molecular flexibility index (Phi) is 5.03. The first-order chi connectivity index (χ1) is 7.95. The van der Waals surface area contributed by atoms with Gasteiger partial charge in [-0.3, -0.25) is 4.79 Å². The lowest BCUT2D eigenvalue weighted by molar-refractivity contribution is -0.137. The molecule has 0 bridgehead atoms. The minimum atomic E-state index is -0.850. The summed E-state index contributed by atoms with van der Waals surface area (Å²) in [5.41, 5.74) is 0.497. The highest BCUT2D eigenvalue weighted by molar-refractivity contribution is 9.10. The molecule has 0 radical (unpaired) electrons. The normalized spacial score (nSPS) is 12.2. The van der Waals surface area contributed by atoms with Gasteiger partial charge in [-0.1, -0.05) is 29.8 Å². The van der Waals surface area contributed by atoms with Crippen LogP contribution in [0.25, 0.3) is 0 Å². The van der Waals surface area contributed by atoms with Gasteiger partial charge in [-0.25, -0.2) is 0 Å². The summed E-state index contributed by atoms with van der Waals surface area (Å²) in [5, 5.41) is 17.6. The van der Waals surface area contributed by atoms with Crippen LogP contribution in [0.2, 0.25) is 0 Å². The molecule has 3 nitrogen and oxygen atoms in total. The van der Waals surface area contributed by atoms with E-state index < -0.39 is 11.2 Å². The summed E-state index contributed by atoms with van der Waals surface area (Å²) in [4.78, 5) is 11.8. The zero-order valence-electron chi connectivity index (χ0n) is 9.48. The molecule has 0 heterocycles. The monoisotopic (exact) mass is 313 g/mol. The van der Waals surface area contributed by atoms with Crippen LogP contribution in [0.3, 0.4) is 0 Å². The van der Waals surface area contributed by atoms with Gasteiger partial charge in [0.15, 0.2) is 0 Å². The number of hydrogen-bond donors (Lipinski definition) is 1. The predicted molar refractivity (Wildman–Crippen MR) is 71.0 cm³/mol. The maximum absolute atomic E-state index is 11.1. The summed E-state index contributed by atoms with van der Waals surface area (Å²) < 4.78 is 0.815. The van der Waals surface area contributed by atoms with Gasteiger partial charge in [0.05, 0.1) is 5.56 Å². The molecule has 1 N–H and O–H groups in total. The molecule has 0 aliphatic rings. The standard InChI is InChI=1S/C12H12BrNO2S/c1-7(2)11(12(15)16)17-10-4-3-9(13)5-8(10)6-14/h3-5,7,11H,1-2H3,(H,15,16). The molecule has 0 fully saturated rings. The van der Waals surface area contributed by atoms with Gasteiger partial charge < -0.3 is 5.11 Å². The molecule has 0 aliphatic heterocycles. The zero-order valence-corrected chi connectivity index (χ0v) is 11.9. The summed E-state index contributed by atoms with van der Waals surface area (Å²) in [6.45, 7) is 3.72. The lowest BCUT2D eigenvalue weighted by Gasteiger charge is -2.16. The van der Waals surface area contributed by atoms with E-state index in [1.807, 2.05) is 19.9 Å². The number of halogens is 1. The summed E-state index contributed by atoms with van der Waals surface area (Å²) in [6.07, 6.45) is 0. The van der Waals surface area contributed by atoms with Gasteiger partial charge in [0.1, 0.15) is 11.3 Å². The minimum absolute atomic E-state index is 0.00712. The quantitative estimate of drug-likeness (QED) is 0.864. The van der Waals surface area contributed by atoms with E-state index in [-0.39, 0.29) is 5.92 Å². The van der Waals surface area contributed by atoms with Crippen LogP contribution in [-0.4, -0.2) is 16.3 Å². The predicted octanol–water partition coefficient (Wildman–Crippen LogP) is 3.52. The Balaban J connectivity index is 3.02. The van der Waals surface area contributed by atoms with E-state index in [1.54, 1.807) is 12.1 Å². The highest BCUT2D eigenvalue weighted by Crippen LogP contribution is 2.32. The Morgan fingerprint density at radius 2 is 2.18 bits per heavy atom. The molecule has 1 atom stereocenters. The van der Waals surface area contributed by atoms with Crippen molar-refractivity contribution >= 4 is 33.7 Å². The van der Waals surface area contributed by atoms with Crippen LogP contribution in [0.15, 0.2) is 27.6 Å². The van der Waals surface area contributed by atoms with Crippen LogP contribution in [0, 0.1) is 17.2 Å². The highest BCUT2D eigenvalue weighted by atomic mass is 79.9. The molecule has 1 aromatic carbocycles. The highest BCUT2D eigenvalue weighted by Gasteiger charge is 2.23. The van der Waals surface area contributed by atoms with Crippen molar-refractivity contribution in [2.45, 2.75) is 24.0 Å². The fourth-order valence-electron chi connectivity index (χ4n) is 1.30. The fraction of sp³-hybridized carbons (Fsp3) is 0.333. The maximum Gasteiger partial charge on any atom is 0.317 e. The van der Waals surface area contributed by atoms with E-state index in [0.717, 1.165) is 4.47 Å². The number of hydrogen-bond acceptors (Lipinski definition) is 3. The lowest BCUT2D eigenvalue weighted by Crippen LogP contribution is -2.22. The summed E-state index contributed by atoms with van der Waals surface area (Å²) >= 11 is 4.51. The van der Waals surface area contributed by atoms with Gasteiger partial charge in [0.2, 0.25) is 0 Å². The summed E-state index contributed by atoms with van der Waals surface area (Å²) in [6, 6.07) is 7.35. The van der Waals surface area contributed by atoms with Crippen molar-refractivity contribution in [3.63, 3.8) is 0 Å². The number of carboxylic acids is 1. The summed E-state index contributed by atoms with van der Waals surface area (Å²) in [7, 11) is 0. The maximum atomic E-state index is 11.1. The smallest absolute Gasteiger partial charge is 0.317 e. The molecule has 5 heteroatoms. The third kappa shape index (κ3) is 3.76. The number of nitrogens with zero attached hydrogens (tertiary/aromatic N) is 1. The molecule has 0 aliphatic carbocycles. The molecule has 17 heavy (non-hydrogen) atoms. The number of carbonyl (C=O) groups is 1. The van der Waals surface area contributed by atoms with Crippen molar-refractivity contribution in [2.75, 3.05) is 0 Å². The minimum Gasteiger partial charge on any atom is -0.480 e. The van der Waals surface area contributed by atoms with Crippen LogP contribution in [0.5, 0.6) is 0 Å². The molecule has 0 aromatic heterocycles. The first-order valence-electron chi connectivity index (χ1n) is 5.04. The van der Waals surface area contributed by atoms with Gasteiger partial charge in [0.25, 0.3) is 0 Å². The van der Waals surface area contributed by atoms with Crippen molar-refractivity contribution in [3.05, 3.63) is 28.2 Å². The van der Waals surface area contributed by atoms with Crippen molar-refractivity contribution in [3.8, 4) is 6.07 Å². The van der Waals surface area contributed by atoms with Crippen molar-refractivity contribution < 1.29 is 9.90 Å². The van der Waals surface area contributed by atoms with Crippen molar-refractivity contribution in [2.24, 2.45) is 5.92 Å². The second kappa shape index (κ2) is 6.08. The van der Waals surface area contributed by atoms with Crippen LogP contribution in [0.1, 0.15) is 19.4 Å². The Morgan fingerprint density at radius 1 is 1.53 bits per heavy atom. The Labute approximate surface area is 113 Å². The Bertz CT molecular complexity index is 468. The first kappa shape index (κ1) is 14.1. The number of aliphatic carboxylic acids is 1. The van der Waals surface area contributed by atoms with Gasteiger partial charge >= 0.3 is 5.97 Å². The van der Waals surface area contributed by atoms with Crippen LogP contribution < -0.4 is 0 Å². The second-order valence-electron chi connectivity index (χ2n) is 3.87. The third-order valence-electron chi connectivity index (χ3n) is 2.16. The fourth-order valence-corrected chi connectivity index (χ4v) is 2.69. The van der Waals surface area contributed by atoms with E-state index in [9.17, 15) is 4.79 Å². The molecular formula is C12H12BrNO2S. The van der Waals surface area contributed by atoms with E-state index in [2.05, 4.69) is 22.0 Å².